The number of allylic oxidation sites excluding steroid dienone is 12. The largest absolute Gasteiger partial charge is 0.366 e. The summed E-state index contributed by atoms with van der Waals surface area (Å²) in [7, 11) is -8.85. The Balaban J connectivity index is 1.14. The second kappa shape index (κ2) is 13.1. The molecule has 294 valence electrons. The maximum Gasteiger partial charge on any atom is 0.320 e. The number of nitrogens with two attached hydrogens (primary N) is 2. The van der Waals surface area contributed by atoms with Gasteiger partial charge >= 0.3 is 20.2 Å². The minimum absolute atomic E-state index is 0.0798. The van der Waals surface area contributed by atoms with E-state index < -0.39 is 53.6 Å². The molecule has 1 aliphatic carbocycles. The molecule has 4 aliphatic heterocycles. The molecule has 2 amide bonds. The Kier molecular flexibility index (Phi) is 9.26. The number of quaternary nitrogens is 2. The number of ketones is 1. The summed E-state index contributed by atoms with van der Waals surface area (Å²) < 4.78 is 70.5. The van der Waals surface area contributed by atoms with Gasteiger partial charge in [-0.2, -0.15) is 16.8 Å². The van der Waals surface area contributed by atoms with E-state index in [1.807, 2.05) is 39.8 Å². The molecule has 0 radical (unpaired) electrons. The zero-order valence-electron chi connectivity index (χ0n) is 31.6. The number of benzene rings is 2. The van der Waals surface area contributed by atoms with Crippen molar-refractivity contribution in [2.24, 2.45) is 11.5 Å². The van der Waals surface area contributed by atoms with Crippen LogP contribution < -0.4 is 20.4 Å². The van der Waals surface area contributed by atoms with Crippen LogP contribution in [0.25, 0.3) is 0 Å². The number of rotatable bonds is 8. The van der Waals surface area contributed by atoms with Crippen LogP contribution in [0.4, 0.5) is 11.4 Å². The summed E-state index contributed by atoms with van der Waals surface area (Å²) in [4.78, 5) is 37.4. The highest BCUT2D eigenvalue weighted by molar-refractivity contribution is 7.86. The fraction of sp³-hybridized carbons (Fsp3) is 0.341. The first-order valence-electron chi connectivity index (χ1n) is 18.4. The summed E-state index contributed by atoms with van der Waals surface area (Å²) in [6.07, 6.45) is 15.7. The number of hydrogen-bond acceptors (Lipinski definition) is 7. The van der Waals surface area contributed by atoms with Crippen LogP contribution in [0, 0.1) is 0 Å². The lowest BCUT2D eigenvalue weighted by Crippen LogP contribution is -2.68. The molecule has 7 rings (SSSR count). The minimum atomic E-state index is -4.42. The first-order valence-corrected chi connectivity index (χ1v) is 21.4. The van der Waals surface area contributed by atoms with Gasteiger partial charge in [0.25, 0.3) is 0 Å². The van der Waals surface area contributed by atoms with Crippen LogP contribution in [0.2, 0.25) is 0 Å². The third-order valence-electron chi connectivity index (χ3n) is 12.6. The first-order chi connectivity index (χ1) is 26.1. The lowest BCUT2D eigenvalue weighted by Gasteiger charge is -2.49. The number of fused-ring (bicyclic) bond motifs is 4. The smallest absolute Gasteiger partial charge is 0.320 e. The second-order valence-corrected chi connectivity index (χ2v) is 19.4. The molecule has 2 saturated heterocycles. The first kappa shape index (κ1) is 39.5. The van der Waals surface area contributed by atoms with Crippen LogP contribution in [0.1, 0.15) is 85.2 Å². The molecular weight excluding hydrogens is 757 g/mol. The van der Waals surface area contributed by atoms with E-state index in [2.05, 4.69) is 0 Å². The second-order valence-electron chi connectivity index (χ2n) is 16.2. The highest BCUT2D eigenvalue weighted by Gasteiger charge is 2.67. The van der Waals surface area contributed by atoms with Crippen LogP contribution >= 0.6 is 0 Å². The molecule has 2 aromatic carbocycles. The number of nitrogens with zero attached hydrogens (tertiary/aromatic N) is 2. The quantitative estimate of drug-likeness (QED) is 0.158. The minimum Gasteiger partial charge on any atom is -0.366 e. The molecule has 3 fully saturated rings. The lowest BCUT2D eigenvalue weighted by atomic mass is 9.82. The van der Waals surface area contributed by atoms with Gasteiger partial charge in [0.1, 0.15) is 22.8 Å². The number of carbonyl (C=O) groups excluding carboxylic acids is 3. The SMILES string of the molecule is CC1(C)C(=CC=CC=C2CCC(=CC=CC=C3C(C)(C)c4cc(C(N)=O)ccc4[N+]34CCC4S(=O)(=O)O)C2=O)[N+]2(CCC2S(=O)(=O)O)c2ccc(C(N)=O)cc21. The van der Waals surface area contributed by atoms with Gasteiger partial charge in [-0.3, -0.25) is 23.5 Å². The van der Waals surface area contributed by atoms with Gasteiger partial charge < -0.3 is 11.5 Å². The fourth-order valence-electron chi connectivity index (χ4n) is 9.79. The van der Waals surface area contributed by atoms with E-state index in [1.54, 1.807) is 72.9 Å². The van der Waals surface area contributed by atoms with Gasteiger partial charge in [-0.25, -0.2) is 8.97 Å². The molecule has 0 aromatic heterocycles. The number of hydrogen-bond donors (Lipinski definition) is 4. The highest BCUT2D eigenvalue weighted by atomic mass is 32.2. The van der Waals surface area contributed by atoms with Gasteiger partial charge in [0.2, 0.25) is 22.6 Å². The van der Waals surface area contributed by atoms with Crippen molar-refractivity contribution in [1.29, 1.82) is 0 Å². The number of primary amides is 2. The Hall–Kier alpha value is -4.77. The predicted octanol–water partition coefficient (Wildman–Crippen LogP) is 5.11. The standard InChI is InChI=1S/C41H44N4O9S2/c1-40(2)29-23-27(38(42)47)15-17-31(29)44(21-19-35(44)55(49,50)51)33(40)11-7-5-9-25-13-14-26(37(25)46)10-6-8-12-34-41(3,4)30-24-28(39(43)48)16-18-32(30)45(34)22-20-36(45)56(52,53)54/h5-12,15-18,23-24,35-36H,13-14,19-22H2,1-4H3,(H4-2,42,43,47,48,49,50,51,52,53,54)/p+2. The maximum atomic E-state index is 13.4. The summed E-state index contributed by atoms with van der Waals surface area (Å²) in [6, 6.07) is 9.95. The topological polar surface area (TPSA) is 212 Å². The summed E-state index contributed by atoms with van der Waals surface area (Å²) in [5.41, 5.74) is 15.8. The van der Waals surface area contributed by atoms with Crippen molar-refractivity contribution in [3.63, 3.8) is 0 Å². The summed E-state index contributed by atoms with van der Waals surface area (Å²) in [5, 5.41) is -2.19. The Morgan fingerprint density at radius 1 is 0.661 bits per heavy atom. The molecule has 2 spiro atoms. The summed E-state index contributed by atoms with van der Waals surface area (Å²) in [6.45, 7) is 8.63. The van der Waals surface area contributed by atoms with E-state index in [0.29, 0.717) is 59.6 Å². The van der Waals surface area contributed by atoms with Gasteiger partial charge in [-0.15, -0.1) is 0 Å². The number of carbonyl (C=O) groups is 3. The fourth-order valence-corrected chi connectivity index (χ4v) is 12.2. The van der Waals surface area contributed by atoms with Crippen molar-refractivity contribution in [1.82, 2.24) is 8.97 Å². The number of Topliss-reactive ketones (excluding diaryl/α,β-unsaturated/α-hetero) is 1. The molecule has 1 saturated carbocycles. The van der Waals surface area contributed by atoms with Crippen LogP contribution in [0.5, 0.6) is 0 Å². The molecule has 5 aliphatic rings. The van der Waals surface area contributed by atoms with Crippen molar-refractivity contribution in [3.05, 3.63) is 130 Å². The molecule has 2 aromatic rings. The molecule has 4 unspecified atom stereocenters. The van der Waals surface area contributed by atoms with E-state index in [-0.39, 0.29) is 27.6 Å². The summed E-state index contributed by atoms with van der Waals surface area (Å²) >= 11 is 0. The van der Waals surface area contributed by atoms with Gasteiger partial charge in [-0.05, 0) is 77.0 Å². The molecule has 56 heavy (non-hydrogen) atoms. The molecule has 15 heteroatoms. The zero-order valence-corrected chi connectivity index (χ0v) is 33.2. The van der Waals surface area contributed by atoms with E-state index in [0.717, 1.165) is 22.5 Å². The Bertz CT molecular complexity index is 2370. The van der Waals surface area contributed by atoms with Gasteiger partial charge in [0, 0.05) is 45.5 Å². The van der Waals surface area contributed by atoms with E-state index >= 15 is 0 Å². The van der Waals surface area contributed by atoms with Gasteiger partial charge in [0.05, 0.1) is 36.8 Å². The molecular formula is C41H46N4O9S2+2. The summed E-state index contributed by atoms with van der Waals surface area (Å²) in [5.74, 6) is -1.32. The van der Waals surface area contributed by atoms with Crippen LogP contribution in [0.15, 0.2) is 108 Å². The number of amides is 2. The van der Waals surface area contributed by atoms with Gasteiger partial charge in [0.15, 0.2) is 5.78 Å². The third kappa shape index (κ3) is 5.82. The molecule has 4 heterocycles. The predicted molar refractivity (Wildman–Crippen MR) is 214 cm³/mol. The van der Waals surface area contributed by atoms with Crippen molar-refractivity contribution >= 4 is 49.2 Å². The normalized spacial score (nSPS) is 30.6. The van der Waals surface area contributed by atoms with Crippen LogP contribution in [-0.4, -0.2) is 67.4 Å². The monoisotopic (exact) mass is 802 g/mol. The average molecular weight is 803 g/mol. The van der Waals surface area contributed by atoms with E-state index in [1.165, 1.54) is 0 Å². The molecule has 4 atom stereocenters. The Morgan fingerprint density at radius 3 is 1.32 bits per heavy atom. The molecule has 0 bridgehead atoms. The van der Waals surface area contributed by atoms with Crippen molar-refractivity contribution < 1.29 is 40.3 Å². The maximum absolute atomic E-state index is 13.4. The third-order valence-corrected chi connectivity index (χ3v) is 15.2. The average Bonchev–Trinajstić information content (AvgIpc) is 3.60. The molecule has 13 nitrogen and oxygen atoms in total. The highest BCUT2D eigenvalue weighted by Crippen LogP contribution is 2.60. The van der Waals surface area contributed by atoms with Gasteiger partial charge in [-0.1, -0.05) is 36.5 Å². The molecule has 6 N–H and O–H groups in total. The lowest BCUT2D eigenvalue weighted by molar-refractivity contribution is -0.111. The zero-order chi connectivity index (χ0) is 40.8. The van der Waals surface area contributed by atoms with Crippen molar-refractivity contribution in [2.45, 2.75) is 75.0 Å². The Morgan fingerprint density at radius 2 is 1.02 bits per heavy atom. The Labute approximate surface area is 326 Å². The van der Waals surface area contributed by atoms with Crippen LogP contribution in [-0.2, 0) is 35.9 Å². The van der Waals surface area contributed by atoms with E-state index in [9.17, 15) is 40.3 Å². The van der Waals surface area contributed by atoms with Crippen molar-refractivity contribution in [3.8, 4) is 0 Å². The van der Waals surface area contributed by atoms with Crippen LogP contribution in [0.3, 0.4) is 0 Å². The van der Waals surface area contributed by atoms with Crippen molar-refractivity contribution in [2.75, 3.05) is 13.1 Å². The van der Waals surface area contributed by atoms with E-state index in [4.69, 9.17) is 11.5 Å².